The fraction of sp³-hybridized carbons (Fsp3) is 0.538. The maximum Gasteiger partial charge on any atom is 0.311 e. The molecule has 0 fully saturated rings. The Hall–Kier alpha value is -1.70. The number of hydrogen-bond acceptors (Lipinski definition) is 6. The summed E-state index contributed by atoms with van der Waals surface area (Å²) in [6, 6.07) is 4.31. The van der Waals surface area contributed by atoms with Crippen LogP contribution in [0.5, 0.6) is 5.75 Å². The van der Waals surface area contributed by atoms with E-state index in [-0.39, 0.29) is 24.7 Å². The summed E-state index contributed by atoms with van der Waals surface area (Å²) in [5.41, 5.74) is 0.263. The first kappa shape index (κ1) is 16.4. The Bertz CT molecular complexity index is 431. The molecule has 0 saturated carbocycles. The molecule has 0 radical (unpaired) electrons. The molecule has 112 valence electrons. The van der Waals surface area contributed by atoms with Crippen molar-refractivity contribution in [2.45, 2.75) is 26.7 Å². The molecule has 0 bridgehead atoms. The van der Waals surface area contributed by atoms with Gasteiger partial charge in [0.05, 0.1) is 11.5 Å². The molecule has 0 aliphatic rings. The second kappa shape index (κ2) is 8.47. The monoisotopic (exact) mass is 285 g/mol. The summed E-state index contributed by atoms with van der Waals surface area (Å²) in [6.45, 7) is 4.36. The second-order valence-corrected chi connectivity index (χ2v) is 3.87. The molecule has 0 atom stereocenters. The lowest BCUT2D eigenvalue weighted by molar-refractivity contribution is -0.386. The highest BCUT2D eigenvalue weighted by Crippen LogP contribution is 2.28. The van der Waals surface area contributed by atoms with Gasteiger partial charge < -0.3 is 19.3 Å². The largest absolute Gasteiger partial charge is 0.481 e. The third-order valence-corrected chi connectivity index (χ3v) is 2.48. The van der Waals surface area contributed by atoms with Gasteiger partial charge in [-0.25, -0.2) is 0 Å². The first-order valence-electron chi connectivity index (χ1n) is 6.36. The number of benzene rings is 1. The maximum absolute atomic E-state index is 11.0. The molecule has 1 aromatic carbocycles. The Morgan fingerprint density at radius 3 is 2.45 bits per heavy atom. The van der Waals surface area contributed by atoms with Crippen LogP contribution in [-0.4, -0.2) is 36.1 Å². The number of aliphatic hydroxyl groups is 1. The van der Waals surface area contributed by atoms with Gasteiger partial charge in [0.2, 0.25) is 0 Å². The van der Waals surface area contributed by atoms with Crippen molar-refractivity contribution in [3.63, 3.8) is 0 Å². The number of aliphatic hydroxyl groups excluding tert-OH is 1. The molecule has 0 unspecified atom stereocenters. The van der Waals surface area contributed by atoms with Crippen molar-refractivity contribution >= 4 is 5.69 Å². The molecule has 1 N–H and O–H groups in total. The van der Waals surface area contributed by atoms with Crippen LogP contribution in [-0.2, 0) is 16.1 Å². The zero-order chi connectivity index (χ0) is 15.0. The van der Waals surface area contributed by atoms with Gasteiger partial charge in [0.25, 0.3) is 0 Å². The van der Waals surface area contributed by atoms with Crippen LogP contribution in [0.2, 0.25) is 0 Å². The van der Waals surface area contributed by atoms with Gasteiger partial charge in [-0.2, -0.15) is 0 Å². The van der Waals surface area contributed by atoms with Crippen molar-refractivity contribution in [2.75, 3.05) is 19.8 Å². The lowest BCUT2D eigenvalue weighted by atomic mass is 10.2. The average molecular weight is 285 g/mol. The molecule has 0 amide bonds. The molecule has 0 aliphatic heterocycles. The van der Waals surface area contributed by atoms with E-state index in [9.17, 15) is 10.1 Å². The molecule has 0 spiro atoms. The van der Waals surface area contributed by atoms with Gasteiger partial charge in [-0.3, -0.25) is 10.1 Å². The molecular formula is C13H19NO6. The van der Waals surface area contributed by atoms with Gasteiger partial charge in [-0.05, 0) is 25.5 Å². The van der Waals surface area contributed by atoms with Crippen molar-refractivity contribution < 1.29 is 24.2 Å². The molecule has 1 aromatic rings. The summed E-state index contributed by atoms with van der Waals surface area (Å²) in [5, 5.41) is 20.0. The minimum Gasteiger partial charge on any atom is -0.481 e. The van der Waals surface area contributed by atoms with Crippen LogP contribution in [0.15, 0.2) is 18.2 Å². The van der Waals surface area contributed by atoms with Crippen LogP contribution in [0.4, 0.5) is 5.69 Å². The maximum atomic E-state index is 11.0. The van der Waals surface area contributed by atoms with E-state index >= 15 is 0 Å². The molecular weight excluding hydrogens is 266 g/mol. The van der Waals surface area contributed by atoms with Gasteiger partial charge in [0.15, 0.2) is 12.0 Å². The number of ether oxygens (including phenoxy) is 3. The number of nitro benzene ring substituents is 1. The number of rotatable bonds is 9. The molecule has 0 heterocycles. The molecule has 0 aliphatic carbocycles. The van der Waals surface area contributed by atoms with E-state index in [1.54, 1.807) is 6.07 Å². The normalized spacial score (nSPS) is 10.8. The van der Waals surface area contributed by atoms with Gasteiger partial charge in [-0.1, -0.05) is 6.07 Å². The lowest BCUT2D eigenvalue weighted by Crippen LogP contribution is -2.25. The van der Waals surface area contributed by atoms with E-state index < -0.39 is 11.2 Å². The van der Waals surface area contributed by atoms with Gasteiger partial charge in [-0.15, -0.1) is 0 Å². The van der Waals surface area contributed by atoms with Gasteiger partial charge >= 0.3 is 5.69 Å². The van der Waals surface area contributed by atoms with E-state index in [1.165, 1.54) is 12.1 Å². The quantitative estimate of drug-likeness (QED) is 0.423. The van der Waals surface area contributed by atoms with Gasteiger partial charge in [0.1, 0.15) is 6.61 Å². The molecule has 7 nitrogen and oxygen atoms in total. The van der Waals surface area contributed by atoms with Crippen LogP contribution in [0.1, 0.15) is 19.4 Å². The number of nitrogens with zero attached hydrogens (tertiary/aromatic N) is 1. The Labute approximate surface area is 117 Å². The predicted molar refractivity (Wildman–Crippen MR) is 71.6 cm³/mol. The Balaban J connectivity index is 2.77. The zero-order valence-corrected chi connectivity index (χ0v) is 11.6. The fourth-order valence-electron chi connectivity index (χ4n) is 1.60. The number of nitro groups is 1. The Morgan fingerprint density at radius 2 is 1.95 bits per heavy atom. The minimum atomic E-state index is -0.567. The van der Waals surface area contributed by atoms with Crippen LogP contribution in [0.25, 0.3) is 0 Å². The summed E-state index contributed by atoms with van der Waals surface area (Å²) in [7, 11) is 0. The van der Waals surface area contributed by atoms with Crippen LogP contribution in [0, 0.1) is 10.1 Å². The molecule has 1 rings (SSSR count). The Kier molecular flexibility index (Phi) is 6.92. The summed E-state index contributed by atoms with van der Waals surface area (Å²) in [4.78, 5) is 10.4. The lowest BCUT2D eigenvalue weighted by Gasteiger charge is -2.17. The van der Waals surface area contributed by atoms with E-state index in [0.717, 1.165) is 0 Å². The van der Waals surface area contributed by atoms with Crippen molar-refractivity contribution in [1.82, 2.24) is 0 Å². The van der Waals surface area contributed by atoms with E-state index in [1.807, 2.05) is 13.8 Å². The first-order valence-corrected chi connectivity index (χ1v) is 6.36. The summed E-state index contributed by atoms with van der Waals surface area (Å²) in [6.07, 6.45) is -0.567. The number of hydrogen-bond donors (Lipinski definition) is 1. The second-order valence-electron chi connectivity index (χ2n) is 3.87. The smallest absolute Gasteiger partial charge is 0.311 e. The van der Waals surface area contributed by atoms with Crippen molar-refractivity contribution in [2.24, 2.45) is 0 Å². The van der Waals surface area contributed by atoms with Crippen LogP contribution >= 0.6 is 0 Å². The van der Waals surface area contributed by atoms with E-state index in [2.05, 4.69) is 0 Å². The van der Waals surface area contributed by atoms with Crippen LogP contribution in [0.3, 0.4) is 0 Å². The van der Waals surface area contributed by atoms with Crippen molar-refractivity contribution in [3.8, 4) is 5.75 Å². The molecule has 20 heavy (non-hydrogen) atoms. The van der Waals surface area contributed by atoms with E-state index in [4.69, 9.17) is 19.3 Å². The highest BCUT2D eigenvalue weighted by molar-refractivity contribution is 5.48. The Morgan fingerprint density at radius 1 is 1.30 bits per heavy atom. The highest BCUT2D eigenvalue weighted by Gasteiger charge is 2.18. The summed E-state index contributed by atoms with van der Waals surface area (Å²) >= 11 is 0. The molecule has 0 aromatic heterocycles. The molecule has 0 saturated heterocycles. The summed E-state index contributed by atoms with van der Waals surface area (Å²) in [5.74, 6) is 0.122. The first-order chi connectivity index (χ1) is 9.62. The standard InChI is InChI=1S/C13H19NO6/c1-3-18-13(19-4-2)9-20-12-6-5-10(8-15)7-11(12)14(16)17/h5-7,13,15H,3-4,8-9H2,1-2H3. The minimum absolute atomic E-state index is 0.0565. The average Bonchev–Trinajstić information content (AvgIpc) is 2.45. The van der Waals surface area contributed by atoms with Crippen molar-refractivity contribution in [1.29, 1.82) is 0 Å². The highest BCUT2D eigenvalue weighted by atomic mass is 16.7. The third kappa shape index (κ3) is 4.76. The van der Waals surface area contributed by atoms with Gasteiger partial charge in [0, 0.05) is 19.3 Å². The summed E-state index contributed by atoms with van der Waals surface area (Å²) < 4.78 is 16.0. The topological polar surface area (TPSA) is 91.1 Å². The predicted octanol–water partition coefficient (Wildman–Crippen LogP) is 1.86. The van der Waals surface area contributed by atoms with Crippen LogP contribution < -0.4 is 4.74 Å². The third-order valence-electron chi connectivity index (χ3n) is 2.48. The zero-order valence-electron chi connectivity index (χ0n) is 11.6. The van der Waals surface area contributed by atoms with Crippen molar-refractivity contribution in [3.05, 3.63) is 33.9 Å². The SMILES string of the molecule is CCOC(COc1ccc(CO)cc1[N+](=O)[O-])OCC. The van der Waals surface area contributed by atoms with E-state index in [0.29, 0.717) is 18.8 Å². The molecule has 7 heteroatoms. The fourth-order valence-corrected chi connectivity index (χ4v) is 1.60.